The molecule has 2 rings (SSSR count). The molecule has 1 atom stereocenters. The van der Waals surface area contributed by atoms with E-state index in [0.29, 0.717) is 17.0 Å². The summed E-state index contributed by atoms with van der Waals surface area (Å²) in [6.07, 6.45) is -0.849. The summed E-state index contributed by atoms with van der Waals surface area (Å²) < 4.78 is 30.7. The molecule has 1 amide bonds. The first-order valence-electron chi connectivity index (χ1n) is 6.67. The fourth-order valence-corrected chi connectivity index (χ4v) is 2.68. The molecule has 1 aliphatic rings. The third kappa shape index (κ3) is 4.12. The molecule has 0 aromatic heterocycles. The van der Waals surface area contributed by atoms with E-state index in [2.05, 4.69) is 0 Å². The first-order chi connectivity index (χ1) is 10.9. The van der Waals surface area contributed by atoms with Crippen molar-refractivity contribution in [1.82, 2.24) is 4.90 Å². The van der Waals surface area contributed by atoms with Gasteiger partial charge in [-0.2, -0.15) is 5.26 Å². The summed E-state index contributed by atoms with van der Waals surface area (Å²) in [5.74, 6) is -0.205. The lowest BCUT2D eigenvalue weighted by atomic mass is 10.0. The van der Waals surface area contributed by atoms with Gasteiger partial charge in [0, 0.05) is 11.3 Å². The highest BCUT2D eigenvalue weighted by Gasteiger charge is 2.32. The maximum atomic E-state index is 12.8. The molecule has 0 spiro atoms. The van der Waals surface area contributed by atoms with Gasteiger partial charge in [-0.25, -0.2) is 8.78 Å². The van der Waals surface area contributed by atoms with Crippen molar-refractivity contribution < 1.29 is 18.3 Å². The third-order valence-corrected chi connectivity index (χ3v) is 3.86. The number of rotatable bonds is 5. The topological polar surface area (TPSA) is 53.3 Å². The van der Waals surface area contributed by atoms with Gasteiger partial charge in [0.2, 0.25) is 5.91 Å². The van der Waals surface area contributed by atoms with Crippen LogP contribution in [0.1, 0.15) is 12.0 Å². The van der Waals surface area contributed by atoms with Crippen molar-refractivity contribution in [3.63, 3.8) is 0 Å². The summed E-state index contributed by atoms with van der Waals surface area (Å²) >= 11 is 12.0. The van der Waals surface area contributed by atoms with E-state index in [1.165, 1.54) is 6.07 Å². The molecule has 0 saturated heterocycles. The number of nitriles is 1. The molecular formula is C15H12Cl2F2N2O2. The van der Waals surface area contributed by atoms with E-state index in [1.54, 1.807) is 18.2 Å². The SMILES string of the molecule is N#CCOc1ccc(C2=CCC(Cl)C(=O)N2CC(F)F)c(Cl)c1. The molecule has 122 valence electrons. The minimum absolute atomic E-state index is 0.137. The monoisotopic (exact) mass is 360 g/mol. The highest BCUT2D eigenvalue weighted by atomic mass is 35.5. The lowest BCUT2D eigenvalue weighted by Gasteiger charge is -2.31. The summed E-state index contributed by atoms with van der Waals surface area (Å²) in [4.78, 5) is 13.0. The van der Waals surface area contributed by atoms with Crippen LogP contribution in [0.3, 0.4) is 0 Å². The normalized spacial score (nSPS) is 17.9. The summed E-state index contributed by atoms with van der Waals surface area (Å²) in [5.41, 5.74) is 0.720. The number of hydrogen-bond acceptors (Lipinski definition) is 3. The van der Waals surface area contributed by atoms with Gasteiger partial charge in [-0.15, -0.1) is 11.6 Å². The van der Waals surface area contributed by atoms with Crippen molar-refractivity contribution in [3.8, 4) is 11.8 Å². The number of alkyl halides is 3. The molecule has 0 N–H and O–H groups in total. The average molecular weight is 361 g/mol. The zero-order chi connectivity index (χ0) is 17.0. The molecule has 1 heterocycles. The summed E-state index contributed by atoms with van der Waals surface area (Å²) in [6.45, 7) is -0.890. The van der Waals surface area contributed by atoms with Gasteiger partial charge in [-0.1, -0.05) is 17.7 Å². The van der Waals surface area contributed by atoms with Crippen LogP contribution in [0.2, 0.25) is 5.02 Å². The van der Waals surface area contributed by atoms with Crippen LogP contribution >= 0.6 is 23.2 Å². The molecule has 1 aliphatic heterocycles. The van der Waals surface area contributed by atoms with Crippen molar-refractivity contribution in [2.75, 3.05) is 13.2 Å². The molecule has 4 nitrogen and oxygen atoms in total. The minimum atomic E-state index is -2.69. The molecule has 0 radical (unpaired) electrons. The van der Waals surface area contributed by atoms with Crippen LogP contribution < -0.4 is 4.74 Å². The number of carbonyl (C=O) groups is 1. The summed E-state index contributed by atoms with van der Waals surface area (Å²) in [5, 5.41) is 7.85. The number of benzene rings is 1. The van der Waals surface area contributed by atoms with E-state index in [4.69, 9.17) is 33.2 Å². The molecule has 0 fully saturated rings. The van der Waals surface area contributed by atoms with E-state index in [9.17, 15) is 13.6 Å². The lowest BCUT2D eigenvalue weighted by molar-refractivity contribution is -0.129. The first kappa shape index (κ1) is 17.5. The molecule has 0 bridgehead atoms. The number of allylic oxidation sites excluding steroid dienone is 1. The number of nitrogens with zero attached hydrogens (tertiary/aromatic N) is 2. The van der Waals surface area contributed by atoms with E-state index in [1.807, 2.05) is 6.07 Å². The van der Waals surface area contributed by atoms with E-state index < -0.39 is 24.3 Å². The predicted molar refractivity (Wildman–Crippen MR) is 82.5 cm³/mol. The smallest absolute Gasteiger partial charge is 0.256 e. The molecule has 1 aromatic rings. The summed E-state index contributed by atoms with van der Waals surface area (Å²) in [7, 11) is 0. The molecule has 0 aliphatic carbocycles. The number of carbonyl (C=O) groups excluding carboxylic acids is 1. The van der Waals surface area contributed by atoms with Gasteiger partial charge in [0.25, 0.3) is 6.43 Å². The van der Waals surface area contributed by atoms with Crippen LogP contribution in [0, 0.1) is 11.3 Å². The van der Waals surface area contributed by atoms with Crippen LogP contribution in [-0.2, 0) is 4.79 Å². The molecular weight excluding hydrogens is 349 g/mol. The van der Waals surface area contributed by atoms with Crippen LogP contribution in [-0.4, -0.2) is 35.8 Å². The molecule has 8 heteroatoms. The number of ether oxygens (including phenoxy) is 1. The first-order valence-corrected chi connectivity index (χ1v) is 7.49. The van der Waals surface area contributed by atoms with Crippen LogP contribution in [0.5, 0.6) is 5.75 Å². The number of hydrogen-bond donors (Lipinski definition) is 0. The second-order valence-corrected chi connectivity index (χ2v) is 5.65. The Labute approximate surface area is 141 Å². The Hall–Kier alpha value is -1.84. The Morgan fingerprint density at radius 1 is 1.48 bits per heavy atom. The Bertz CT molecular complexity index is 674. The van der Waals surface area contributed by atoms with Gasteiger partial charge < -0.3 is 9.64 Å². The Morgan fingerprint density at radius 3 is 2.83 bits per heavy atom. The van der Waals surface area contributed by atoms with Gasteiger partial charge >= 0.3 is 0 Å². The van der Waals surface area contributed by atoms with Gasteiger partial charge in [-0.05, 0) is 24.6 Å². The van der Waals surface area contributed by atoms with Crippen molar-refractivity contribution in [3.05, 3.63) is 34.9 Å². The van der Waals surface area contributed by atoms with E-state index in [0.717, 1.165) is 4.90 Å². The molecule has 0 saturated carbocycles. The Balaban J connectivity index is 2.34. The zero-order valence-corrected chi connectivity index (χ0v) is 13.3. The molecule has 1 aromatic carbocycles. The maximum Gasteiger partial charge on any atom is 0.256 e. The number of halogens is 4. The van der Waals surface area contributed by atoms with Crippen molar-refractivity contribution in [2.45, 2.75) is 18.2 Å². The average Bonchev–Trinajstić information content (AvgIpc) is 2.50. The quantitative estimate of drug-likeness (QED) is 0.752. The van der Waals surface area contributed by atoms with E-state index >= 15 is 0 Å². The third-order valence-electron chi connectivity index (χ3n) is 3.18. The highest BCUT2D eigenvalue weighted by molar-refractivity contribution is 6.33. The van der Waals surface area contributed by atoms with Crippen LogP contribution in [0.15, 0.2) is 24.3 Å². The Kier molecular flexibility index (Phi) is 5.80. The van der Waals surface area contributed by atoms with Crippen molar-refractivity contribution in [1.29, 1.82) is 5.26 Å². The van der Waals surface area contributed by atoms with Gasteiger partial charge in [0.05, 0.1) is 11.6 Å². The fraction of sp³-hybridized carbons (Fsp3) is 0.333. The van der Waals surface area contributed by atoms with Gasteiger partial charge in [0.15, 0.2) is 6.61 Å². The largest absolute Gasteiger partial charge is 0.479 e. The maximum absolute atomic E-state index is 12.8. The summed E-state index contributed by atoms with van der Waals surface area (Å²) in [6, 6.07) is 6.40. The van der Waals surface area contributed by atoms with Crippen LogP contribution in [0.4, 0.5) is 8.78 Å². The second kappa shape index (κ2) is 7.62. The standard InChI is InChI=1S/C15H12Cl2F2N2O2/c16-11-3-4-13(21(15(11)22)8-14(18)19)10-2-1-9(7-12(10)17)23-6-5-20/h1-2,4,7,11,14H,3,6,8H2. The van der Waals surface area contributed by atoms with Gasteiger partial charge in [0.1, 0.15) is 17.2 Å². The zero-order valence-electron chi connectivity index (χ0n) is 11.8. The van der Waals surface area contributed by atoms with E-state index in [-0.39, 0.29) is 18.1 Å². The highest BCUT2D eigenvalue weighted by Crippen LogP contribution is 2.34. The Morgan fingerprint density at radius 2 is 2.22 bits per heavy atom. The molecule has 1 unspecified atom stereocenters. The van der Waals surface area contributed by atoms with Crippen LogP contribution in [0.25, 0.3) is 5.70 Å². The lowest BCUT2D eigenvalue weighted by Crippen LogP contribution is -2.41. The van der Waals surface area contributed by atoms with Crippen molar-refractivity contribution in [2.24, 2.45) is 0 Å². The second-order valence-electron chi connectivity index (χ2n) is 4.72. The predicted octanol–water partition coefficient (Wildman–Crippen LogP) is 3.69. The minimum Gasteiger partial charge on any atom is -0.479 e. The fourth-order valence-electron chi connectivity index (χ4n) is 2.20. The van der Waals surface area contributed by atoms with Gasteiger partial charge in [-0.3, -0.25) is 4.79 Å². The molecule has 23 heavy (non-hydrogen) atoms. The number of amides is 1. The van der Waals surface area contributed by atoms with Crippen molar-refractivity contribution >= 4 is 34.8 Å².